The van der Waals surface area contributed by atoms with Crippen molar-refractivity contribution in [1.29, 1.82) is 0 Å². The van der Waals surface area contributed by atoms with Gasteiger partial charge in [0.05, 0.1) is 11.9 Å². The molecule has 7 heteroatoms. The number of hydrogen-bond acceptors (Lipinski definition) is 4. The molecule has 0 saturated carbocycles. The van der Waals surface area contributed by atoms with Crippen molar-refractivity contribution in [3.63, 3.8) is 0 Å². The summed E-state index contributed by atoms with van der Waals surface area (Å²) in [6.07, 6.45) is 3.50. The molecule has 2 heterocycles. The highest BCUT2D eigenvalue weighted by Crippen LogP contribution is 2.54. The third-order valence-electron chi connectivity index (χ3n) is 6.02. The fraction of sp³-hybridized carbons (Fsp3) is 0.478. The van der Waals surface area contributed by atoms with E-state index in [9.17, 15) is 9.18 Å². The van der Waals surface area contributed by atoms with Crippen molar-refractivity contribution in [1.82, 2.24) is 10.3 Å². The van der Waals surface area contributed by atoms with Gasteiger partial charge >= 0.3 is 6.09 Å². The Balaban J connectivity index is 1.56. The van der Waals surface area contributed by atoms with E-state index >= 15 is 0 Å². The Bertz CT molecular complexity index is 934. The highest BCUT2D eigenvalue weighted by atomic mass is 79.9. The van der Waals surface area contributed by atoms with Crippen molar-refractivity contribution >= 4 is 27.7 Å². The first kappa shape index (κ1) is 21.1. The van der Waals surface area contributed by atoms with E-state index in [0.29, 0.717) is 0 Å². The molecule has 1 atom stereocenters. The van der Waals surface area contributed by atoms with E-state index in [1.165, 1.54) is 6.07 Å². The number of carbonyl (C=O) groups excluding carboxylic acids is 1. The van der Waals surface area contributed by atoms with Gasteiger partial charge in [-0.05, 0) is 91.4 Å². The molecule has 1 amide bonds. The van der Waals surface area contributed by atoms with E-state index in [1.807, 2.05) is 33.0 Å². The molecule has 5 nitrogen and oxygen atoms in total. The van der Waals surface area contributed by atoms with Gasteiger partial charge < -0.3 is 15.0 Å². The number of piperidine rings is 1. The summed E-state index contributed by atoms with van der Waals surface area (Å²) >= 11 is 3.38. The quantitative estimate of drug-likeness (QED) is 0.591. The Kier molecular flexibility index (Phi) is 5.51. The molecule has 2 aromatic rings. The number of hydrogen-bond donors (Lipinski definition) is 1. The normalized spacial score (nSPS) is 20.2. The number of nitrogens with one attached hydrogen (secondary N) is 1. The van der Waals surface area contributed by atoms with Crippen molar-refractivity contribution < 1.29 is 13.9 Å². The molecule has 0 radical (unpaired) electrons. The minimum absolute atomic E-state index is 0.218. The Morgan fingerprint density at radius 1 is 1.27 bits per heavy atom. The summed E-state index contributed by atoms with van der Waals surface area (Å²) in [5.41, 5.74) is 2.36. The lowest BCUT2D eigenvalue weighted by Gasteiger charge is -2.43. The average Bonchev–Trinajstić information content (AvgIpc) is 2.94. The largest absolute Gasteiger partial charge is 0.441 e. The highest BCUT2D eigenvalue weighted by molar-refractivity contribution is 9.10. The van der Waals surface area contributed by atoms with Crippen LogP contribution in [0.1, 0.15) is 50.8 Å². The van der Waals surface area contributed by atoms with E-state index < -0.39 is 6.09 Å². The molecule has 1 saturated heterocycles. The maximum absolute atomic E-state index is 13.9. The van der Waals surface area contributed by atoms with Crippen LogP contribution in [0.15, 0.2) is 41.1 Å². The second kappa shape index (κ2) is 7.84. The van der Waals surface area contributed by atoms with Gasteiger partial charge in [-0.1, -0.05) is 6.07 Å². The number of nitrogens with zero attached hydrogens (tertiary/aromatic N) is 2. The minimum Gasteiger partial charge on any atom is -0.441 e. The van der Waals surface area contributed by atoms with E-state index in [1.54, 1.807) is 12.1 Å². The van der Waals surface area contributed by atoms with Crippen LogP contribution in [0, 0.1) is 11.2 Å². The van der Waals surface area contributed by atoms with Crippen LogP contribution in [-0.4, -0.2) is 29.7 Å². The number of benzene rings is 1. The van der Waals surface area contributed by atoms with Gasteiger partial charge in [0, 0.05) is 24.0 Å². The van der Waals surface area contributed by atoms with Crippen molar-refractivity contribution in [2.75, 3.05) is 18.0 Å². The SMILES string of the molecule is CC(C)(C)NC(=O)O[C@@H]1c2ccc(F)cc2CC12CCN(c1ccc(Br)nc1)CC2. The first-order valence-corrected chi connectivity index (χ1v) is 11.1. The Morgan fingerprint density at radius 2 is 2.00 bits per heavy atom. The summed E-state index contributed by atoms with van der Waals surface area (Å²) in [5, 5.41) is 2.89. The van der Waals surface area contributed by atoms with Crippen molar-refractivity contribution in [2.45, 2.75) is 51.7 Å². The maximum atomic E-state index is 13.9. The number of amides is 1. The van der Waals surface area contributed by atoms with Crippen molar-refractivity contribution in [3.05, 3.63) is 58.1 Å². The molecule has 1 aromatic carbocycles. The molecule has 4 rings (SSSR count). The number of fused-ring (bicyclic) bond motifs is 1. The van der Waals surface area contributed by atoms with Crippen LogP contribution in [0.3, 0.4) is 0 Å². The number of alkyl carbamates (subject to hydrolysis) is 1. The number of halogens is 2. The van der Waals surface area contributed by atoms with Gasteiger partial charge in [-0.15, -0.1) is 0 Å². The topological polar surface area (TPSA) is 54.5 Å². The molecule has 1 aromatic heterocycles. The molecule has 1 aliphatic carbocycles. The fourth-order valence-electron chi connectivity index (χ4n) is 4.62. The number of ether oxygens (including phenoxy) is 1. The zero-order valence-electron chi connectivity index (χ0n) is 17.5. The van der Waals surface area contributed by atoms with E-state index in [2.05, 4.69) is 37.2 Å². The number of anilines is 1. The molecule has 2 aliphatic rings. The smallest absolute Gasteiger partial charge is 0.408 e. The molecule has 1 aliphatic heterocycles. The van der Waals surface area contributed by atoms with Gasteiger partial charge in [0.15, 0.2) is 0 Å². The molecule has 0 unspecified atom stereocenters. The molecule has 160 valence electrons. The summed E-state index contributed by atoms with van der Waals surface area (Å²) in [5.74, 6) is -0.248. The zero-order valence-corrected chi connectivity index (χ0v) is 19.1. The first-order chi connectivity index (χ1) is 14.2. The predicted molar refractivity (Wildman–Crippen MR) is 118 cm³/mol. The van der Waals surface area contributed by atoms with Gasteiger partial charge in [-0.25, -0.2) is 14.2 Å². The first-order valence-electron chi connectivity index (χ1n) is 10.3. The molecule has 30 heavy (non-hydrogen) atoms. The van der Waals surface area contributed by atoms with Crippen molar-refractivity contribution in [3.8, 4) is 0 Å². The second-order valence-electron chi connectivity index (χ2n) is 9.37. The molecular weight excluding hydrogens is 449 g/mol. The van der Waals surface area contributed by atoms with Gasteiger partial charge in [-0.2, -0.15) is 0 Å². The van der Waals surface area contributed by atoms with Crippen LogP contribution in [0.5, 0.6) is 0 Å². The summed E-state index contributed by atoms with van der Waals surface area (Å²) in [7, 11) is 0. The third kappa shape index (κ3) is 4.31. The number of pyridine rings is 1. The van der Waals surface area contributed by atoms with E-state index in [-0.39, 0.29) is 22.9 Å². The average molecular weight is 476 g/mol. The Morgan fingerprint density at radius 3 is 2.63 bits per heavy atom. The predicted octanol–water partition coefficient (Wildman–Crippen LogP) is 5.39. The number of carbonyl (C=O) groups is 1. The highest BCUT2D eigenvalue weighted by Gasteiger charge is 2.50. The van der Waals surface area contributed by atoms with Crippen LogP contribution in [0.2, 0.25) is 0 Å². The lowest BCUT2D eigenvalue weighted by Crippen LogP contribution is -2.46. The lowest BCUT2D eigenvalue weighted by atomic mass is 9.74. The molecule has 0 bridgehead atoms. The molecule has 1 N–H and O–H groups in total. The Labute approximate surface area is 185 Å². The van der Waals surface area contributed by atoms with Crippen LogP contribution in [-0.2, 0) is 11.2 Å². The molecular formula is C23H27BrFN3O2. The summed E-state index contributed by atoms with van der Waals surface area (Å²) in [4.78, 5) is 19.2. The van der Waals surface area contributed by atoms with Gasteiger partial charge in [0.2, 0.25) is 0 Å². The standard InChI is InChI=1S/C23H27BrFN3O2/c1-22(2,3)27-21(29)30-20-18-6-4-16(25)12-15(18)13-23(20)8-10-28(11-9-23)17-5-7-19(24)26-14-17/h4-7,12,14,20H,8-11,13H2,1-3H3,(H,27,29)/t20-/m1/s1. The lowest BCUT2D eigenvalue weighted by molar-refractivity contribution is -0.00237. The van der Waals surface area contributed by atoms with Gasteiger partial charge in [-0.3, -0.25) is 0 Å². The van der Waals surface area contributed by atoms with Crippen LogP contribution in [0.25, 0.3) is 0 Å². The van der Waals surface area contributed by atoms with Crippen molar-refractivity contribution in [2.24, 2.45) is 5.41 Å². The van der Waals surface area contributed by atoms with Gasteiger partial charge in [0.25, 0.3) is 0 Å². The monoisotopic (exact) mass is 475 g/mol. The summed E-state index contributed by atoms with van der Waals surface area (Å²) in [6, 6.07) is 8.82. The summed E-state index contributed by atoms with van der Waals surface area (Å²) in [6.45, 7) is 7.44. The molecule has 1 fully saturated rings. The van der Waals surface area contributed by atoms with E-state index in [4.69, 9.17) is 4.74 Å². The van der Waals surface area contributed by atoms with Crippen LogP contribution in [0.4, 0.5) is 14.9 Å². The molecule has 1 spiro atoms. The summed E-state index contributed by atoms with van der Waals surface area (Å²) < 4.78 is 20.7. The number of rotatable bonds is 2. The Hall–Kier alpha value is -2.15. The maximum Gasteiger partial charge on any atom is 0.408 e. The van der Waals surface area contributed by atoms with E-state index in [0.717, 1.165) is 53.8 Å². The van der Waals surface area contributed by atoms with Gasteiger partial charge in [0.1, 0.15) is 16.5 Å². The zero-order chi connectivity index (χ0) is 21.5. The fourth-order valence-corrected chi connectivity index (χ4v) is 4.86. The minimum atomic E-state index is -0.427. The third-order valence-corrected chi connectivity index (χ3v) is 6.49. The second-order valence-corrected chi connectivity index (χ2v) is 10.2. The van der Waals surface area contributed by atoms with Crippen LogP contribution < -0.4 is 10.2 Å². The number of aromatic nitrogens is 1. The van der Waals surface area contributed by atoms with Crippen LogP contribution >= 0.6 is 15.9 Å².